The maximum absolute atomic E-state index is 11.1. The Bertz CT molecular complexity index is 290. The lowest BCUT2D eigenvalue weighted by molar-refractivity contribution is 0.0961. The third-order valence-corrected chi connectivity index (χ3v) is 1.53. The Hall–Kier alpha value is -1.71. The van der Waals surface area contributed by atoms with Gasteiger partial charge in [-0.2, -0.15) is 0 Å². The highest BCUT2D eigenvalue weighted by molar-refractivity contribution is 6.01. The van der Waals surface area contributed by atoms with E-state index in [-0.39, 0.29) is 22.9 Å². The first kappa shape index (κ1) is 8.39. The lowest BCUT2D eigenvalue weighted by Crippen LogP contribution is -2.19. The van der Waals surface area contributed by atoms with Gasteiger partial charge in [-0.3, -0.25) is 4.79 Å². The Morgan fingerprint density at radius 1 is 1.58 bits per heavy atom. The van der Waals surface area contributed by atoms with Crippen molar-refractivity contribution in [2.75, 3.05) is 12.8 Å². The van der Waals surface area contributed by atoms with Gasteiger partial charge in [0.15, 0.2) is 0 Å². The molecule has 0 radical (unpaired) electrons. The van der Waals surface area contributed by atoms with E-state index >= 15 is 0 Å². The summed E-state index contributed by atoms with van der Waals surface area (Å²) in [7, 11) is 1.48. The van der Waals surface area contributed by atoms with Crippen LogP contribution in [0.2, 0.25) is 0 Å². The SMILES string of the molecule is CNC(=O)c1c(N)cccc1O. The van der Waals surface area contributed by atoms with Crippen LogP contribution in [0.3, 0.4) is 0 Å². The van der Waals surface area contributed by atoms with E-state index in [9.17, 15) is 9.90 Å². The second-order valence-electron chi connectivity index (χ2n) is 2.32. The van der Waals surface area contributed by atoms with Gasteiger partial charge in [-0.05, 0) is 12.1 Å². The molecule has 0 bridgehead atoms. The number of aromatic hydroxyl groups is 1. The molecule has 0 saturated heterocycles. The quantitative estimate of drug-likeness (QED) is 0.526. The molecule has 0 heterocycles. The van der Waals surface area contributed by atoms with Gasteiger partial charge in [0.1, 0.15) is 11.3 Å². The average Bonchev–Trinajstić information content (AvgIpc) is 2.03. The highest BCUT2D eigenvalue weighted by Crippen LogP contribution is 2.22. The number of amides is 1. The van der Waals surface area contributed by atoms with Gasteiger partial charge < -0.3 is 16.2 Å². The third-order valence-electron chi connectivity index (χ3n) is 1.53. The molecule has 0 atom stereocenters. The molecule has 0 aliphatic rings. The first-order valence-electron chi connectivity index (χ1n) is 3.46. The maximum Gasteiger partial charge on any atom is 0.256 e. The Balaban J connectivity index is 3.21. The predicted molar refractivity (Wildman–Crippen MR) is 45.9 cm³/mol. The fourth-order valence-electron chi connectivity index (χ4n) is 0.930. The Morgan fingerprint density at radius 3 is 2.75 bits per heavy atom. The largest absolute Gasteiger partial charge is 0.507 e. The molecule has 64 valence electrons. The van der Waals surface area contributed by atoms with Crippen LogP contribution in [0, 0.1) is 0 Å². The van der Waals surface area contributed by atoms with E-state index in [1.165, 1.54) is 13.1 Å². The van der Waals surface area contributed by atoms with E-state index in [1.807, 2.05) is 0 Å². The van der Waals surface area contributed by atoms with Crippen LogP contribution in [0.1, 0.15) is 10.4 Å². The summed E-state index contributed by atoms with van der Waals surface area (Å²) in [6.07, 6.45) is 0. The zero-order chi connectivity index (χ0) is 9.14. The van der Waals surface area contributed by atoms with Crippen molar-refractivity contribution in [2.45, 2.75) is 0 Å². The summed E-state index contributed by atoms with van der Waals surface area (Å²) in [5.74, 6) is -0.486. The van der Waals surface area contributed by atoms with E-state index in [0.717, 1.165) is 0 Å². The number of carbonyl (C=O) groups is 1. The number of rotatable bonds is 1. The molecule has 0 saturated carbocycles. The van der Waals surface area contributed by atoms with Crippen molar-refractivity contribution in [3.63, 3.8) is 0 Å². The van der Waals surface area contributed by atoms with E-state index in [4.69, 9.17) is 5.73 Å². The number of phenols is 1. The summed E-state index contributed by atoms with van der Waals surface area (Å²) in [5, 5.41) is 11.6. The zero-order valence-corrected chi connectivity index (χ0v) is 6.66. The van der Waals surface area contributed by atoms with E-state index in [1.54, 1.807) is 12.1 Å². The topological polar surface area (TPSA) is 75.4 Å². The van der Waals surface area contributed by atoms with Gasteiger partial charge in [0.2, 0.25) is 0 Å². The van der Waals surface area contributed by atoms with Crippen LogP contribution in [-0.2, 0) is 0 Å². The van der Waals surface area contributed by atoms with Crippen molar-refractivity contribution in [1.82, 2.24) is 5.32 Å². The first-order chi connectivity index (χ1) is 5.66. The van der Waals surface area contributed by atoms with Crippen molar-refractivity contribution in [3.8, 4) is 5.75 Å². The molecule has 0 spiro atoms. The number of phenolic OH excluding ortho intramolecular Hbond substituents is 1. The van der Waals surface area contributed by atoms with Crippen molar-refractivity contribution in [3.05, 3.63) is 23.8 Å². The molecule has 0 aromatic heterocycles. The van der Waals surface area contributed by atoms with Gasteiger partial charge in [-0.25, -0.2) is 0 Å². The number of hydrogen-bond acceptors (Lipinski definition) is 3. The summed E-state index contributed by atoms with van der Waals surface area (Å²) in [6, 6.07) is 4.56. The number of hydrogen-bond donors (Lipinski definition) is 3. The molecule has 1 aromatic carbocycles. The maximum atomic E-state index is 11.1. The molecule has 4 nitrogen and oxygen atoms in total. The van der Waals surface area contributed by atoms with Gasteiger partial charge >= 0.3 is 0 Å². The molecular weight excluding hydrogens is 156 g/mol. The molecule has 4 N–H and O–H groups in total. The Labute approximate surface area is 70.0 Å². The molecule has 4 heteroatoms. The second-order valence-corrected chi connectivity index (χ2v) is 2.32. The average molecular weight is 166 g/mol. The third kappa shape index (κ3) is 1.32. The van der Waals surface area contributed by atoms with E-state index in [2.05, 4.69) is 5.32 Å². The Morgan fingerprint density at radius 2 is 2.25 bits per heavy atom. The minimum atomic E-state index is -0.384. The van der Waals surface area contributed by atoms with Gasteiger partial charge in [-0.15, -0.1) is 0 Å². The van der Waals surface area contributed by atoms with Crippen LogP contribution in [0.4, 0.5) is 5.69 Å². The summed E-state index contributed by atoms with van der Waals surface area (Å²) >= 11 is 0. The molecule has 0 aliphatic heterocycles. The fraction of sp³-hybridized carbons (Fsp3) is 0.125. The minimum Gasteiger partial charge on any atom is -0.507 e. The zero-order valence-electron chi connectivity index (χ0n) is 6.66. The monoisotopic (exact) mass is 166 g/mol. The smallest absolute Gasteiger partial charge is 0.256 e. The van der Waals surface area contributed by atoms with Crippen molar-refractivity contribution < 1.29 is 9.90 Å². The molecule has 12 heavy (non-hydrogen) atoms. The number of nitrogens with one attached hydrogen (secondary N) is 1. The molecular formula is C8H10N2O2. The van der Waals surface area contributed by atoms with E-state index < -0.39 is 0 Å². The number of anilines is 1. The van der Waals surface area contributed by atoms with Crippen LogP contribution in [0.15, 0.2) is 18.2 Å². The number of nitrogens with two attached hydrogens (primary N) is 1. The first-order valence-corrected chi connectivity index (χ1v) is 3.46. The molecule has 0 unspecified atom stereocenters. The summed E-state index contributed by atoms with van der Waals surface area (Å²) in [5.41, 5.74) is 5.87. The van der Waals surface area contributed by atoms with Crippen molar-refractivity contribution in [2.24, 2.45) is 0 Å². The highest BCUT2D eigenvalue weighted by Gasteiger charge is 2.11. The predicted octanol–water partition coefficient (Wildman–Crippen LogP) is 0.334. The standard InChI is InChI=1S/C8H10N2O2/c1-10-8(12)7-5(9)3-2-4-6(7)11/h2-4,11H,9H2,1H3,(H,10,12). The van der Waals surface area contributed by atoms with Crippen LogP contribution < -0.4 is 11.1 Å². The summed E-state index contributed by atoms with van der Waals surface area (Å²) < 4.78 is 0. The normalized spacial score (nSPS) is 9.42. The van der Waals surface area contributed by atoms with E-state index in [0.29, 0.717) is 0 Å². The van der Waals surface area contributed by atoms with Crippen LogP contribution in [0.25, 0.3) is 0 Å². The number of nitrogen functional groups attached to an aromatic ring is 1. The number of carbonyl (C=O) groups excluding carboxylic acids is 1. The van der Waals surface area contributed by atoms with Gasteiger partial charge in [0.05, 0.1) is 0 Å². The van der Waals surface area contributed by atoms with Crippen molar-refractivity contribution >= 4 is 11.6 Å². The fourth-order valence-corrected chi connectivity index (χ4v) is 0.930. The highest BCUT2D eigenvalue weighted by atomic mass is 16.3. The lowest BCUT2D eigenvalue weighted by Gasteiger charge is -2.05. The number of benzene rings is 1. The van der Waals surface area contributed by atoms with Gasteiger partial charge in [0, 0.05) is 12.7 Å². The molecule has 0 fully saturated rings. The lowest BCUT2D eigenvalue weighted by atomic mass is 10.1. The molecule has 1 amide bonds. The van der Waals surface area contributed by atoms with Gasteiger partial charge in [-0.1, -0.05) is 6.07 Å². The Kier molecular flexibility index (Phi) is 2.19. The molecule has 0 aliphatic carbocycles. The summed E-state index contributed by atoms with van der Waals surface area (Å²) in [6.45, 7) is 0. The van der Waals surface area contributed by atoms with Crippen LogP contribution >= 0.6 is 0 Å². The summed E-state index contributed by atoms with van der Waals surface area (Å²) in [4.78, 5) is 11.1. The van der Waals surface area contributed by atoms with Crippen molar-refractivity contribution in [1.29, 1.82) is 0 Å². The van der Waals surface area contributed by atoms with Gasteiger partial charge in [0.25, 0.3) is 5.91 Å². The van der Waals surface area contributed by atoms with Crippen LogP contribution in [-0.4, -0.2) is 18.1 Å². The van der Waals surface area contributed by atoms with Crippen LogP contribution in [0.5, 0.6) is 5.75 Å². The minimum absolute atomic E-state index is 0.102. The molecule has 1 rings (SSSR count). The molecule has 1 aromatic rings. The second kappa shape index (κ2) is 3.13.